The van der Waals surface area contributed by atoms with E-state index >= 15 is 0 Å². The van der Waals surface area contributed by atoms with Gasteiger partial charge in [-0.15, -0.1) is 0 Å². The molecule has 1 rings (SSSR count). The lowest BCUT2D eigenvalue weighted by Gasteiger charge is -2.31. The van der Waals surface area contributed by atoms with Crippen molar-refractivity contribution in [2.75, 3.05) is 7.05 Å². The van der Waals surface area contributed by atoms with E-state index in [1.807, 2.05) is 0 Å². The van der Waals surface area contributed by atoms with E-state index < -0.39 is 13.4 Å². The number of quaternary nitrogens is 1. The molecule has 2 N–H and O–H groups in total. The molecule has 1 aliphatic rings. The molecule has 1 heterocycles. The molecule has 0 aromatic heterocycles. The molecular weight excluding hydrogens is 271 g/mol. The van der Waals surface area contributed by atoms with Gasteiger partial charge in [-0.25, -0.2) is 9.48 Å². The molecular formula is C7H14BrN2O3P. The van der Waals surface area contributed by atoms with Crippen LogP contribution in [-0.4, -0.2) is 33.4 Å². The molecule has 82 valence electrons. The Kier molecular flexibility index (Phi) is 4.68. The molecule has 0 amide bonds. The van der Waals surface area contributed by atoms with Crippen LogP contribution in [0, 0.1) is 0 Å². The standard InChI is InChI=1S/C7H13N2O3P.BrH/c1-3-7(13(10,11)12)9(2)5-4-8-6-9;/h4-7H,3H2,1-2H3,(H-,10,11,12);1H. The van der Waals surface area contributed by atoms with Crippen molar-refractivity contribution in [3.05, 3.63) is 12.4 Å². The van der Waals surface area contributed by atoms with Gasteiger partial charge in [0, 0.05) is 6.42 Å². The van der Waals surface area contributed by atoms with Crippen LogP contribution in [0.25, 0.3) is 0 Å². The predicted octanol–water partition coefficient (Wildman–Crippen LogP) is -2.14. The van der Waals surface area contributed by atoms with Gasteiger partial charge in [0.05, 0.1) is 13.2 Å². The van der Waals surface area contributed by atoms with E-state index in [1.165, 1.54) is 6.34 Å². The summed E-state index contributed by atoms with van der Waals surface area (Å²) in [5, 5.41) is 0. The van der Waals surface area contributed by atoms with Gasteiger partial charge < -0.3 is 26.8 Å². The average Bonchev–Trinajstić information content (AvgIpc) is 2.34. The van der Waals surface area contributed by atoms with Crippen molar-refractivity contribution in [2.45, 2.75) is 19.1 Å². The summed E-state index contributed by atoms with van der Waals surface area (Å²) in [4.78, 5) is 22.0. The van der Waals surface area contributed by atoms with Crippen LogP contribution in [0.5, 0.6) is 0 Å². The Bertz CT molecular complexity index is 287. The average molecular weight is 285 g/mol. The second kappa shape index (κ2) is 4.68. The van der Waals surface area contributed by atoms with Crippen LogP contribution in [0.4, 0.5) is 0 Å². The SMILES string of the molecule is CCC([N+]1(C)C=CN=C1)P(=O)(O)O.[Br-]. The molecule has 0 bridgehead atoms. The normalized spacial score (nSPS) is 27.4. The zero-order chi connectivity index (χ0) is 10.1. The molecule has 0 aliphatic carbocycles. The van der Waals surface area contributed by atoms with Gasteiger partial charge in [-0.1, -0.05) is 6.92 Å². The third kappa shape index (κ3) is 2.74. The Hall–Kier alpha value is 0. The molecule has 2 unspecified atom stereocenters. The van der Waals surface area contributed by atoms with Crippen LogP contribution in [0.2, 0.25) is 0 Å². The van der Waals surface area contributed by atoms with Gasteiger partial charge in [0.2, 0.25) is 0 Å². The van der Waals surface area contributed by atoms with Gasteiger partial charge in [-0.05, 0) is 0 Å². The quantitative estimate of drug-likeness (QED) is 0.459. The molecule has 14 heavy (non-hydrogen) atoms. The molecule has 1 aliphatic heterocycles. The number of halogens is 1. The molecule has 0 aromatic rings. The lowest BCUT2D eigenvalue weighted by molar-refractivity contribution is -0.771. The molecule has 0 saturated heterocycles. The highest BCUT2D eigenvalue weighted by atomic mass is 79.9. The van der Waals surface area contributed by atoms with Crippen molar-refractivity contribution in [1.29, 1.82) is 0 Å². The van der Waals surface area contributed by atoms with Crippen LogP contribution in [-0.2, 0) is 4.57 Å². The Morgan fingerprint density at radius 1 is 1.57 bits per heavy atom. The maximum atomic E-state index is 11.1. The largest absolute Gasteiger partial charge is 1.00 e. The Morgan fingerprint density at radius 3 is 2.43 bits per heavy atom. The van der Waals surface area contributed by atoms with E-state index in [4.69, 9.17) is 9.79 Å². The fraction of sp³-hybridized carbons (Fsp3) is 0.571. The lowest BCUT2D eigenvalue weighted by Crippen LogP contribution is -3.00. The third-order valence-corrected chi connectivity index (χ3v) is 3.82. The summed E-state index contributed by atoms with van der Waals surface area (Å²) in [7, 11) is -2.34. The van der Waals surface area contributed by atoms with Crippen LogP contribution < -0.4 is 17.0 Å². The minimum atomic E-state index is -4.06. The number of nitrogens with zero attached hydrogens (tertiary/aromatic N) is 2. The van der Waals surface area contributed by atoms with Crippen molar-refractivity contribution in [3.63, 3.8) is 0 Å². The minimum absolute atomic E-state index is 0. The molecule has 0 aromatic carbocycles. The van der Waals surface area contributed by atoms with Crippen molar-refractivity contribution in [2.24, 2.45) is 4.99 Å². The molecule has 0 fully saturated rings. The summed E-state index contributed by atoms with van der Waals surface area (Å²) in [5.74, 6) is -0.727. The highest BCUT2D eigenvalue weighted by molar-refractivity contribution is 7.52. The lowest BCUT2D eigenvalue weighted by atomic mass is 10.4. The minimum Gasteiger partial charge on any atom is -1.00 e. The molecule has 0 spiro atoms. The number of rotatable bonds is 3. The van der Waals surface area contributed by atoms with Crippen molar-refractivity contribution in [3.8, 4) is 0 Å². The van der Waals surface area contributed by atoms with E-state index in [0.717, 1.165) is 0 Å². The van der Waals surface area contributed by atoms with E-state index in [2.05, 4.69) is 4.99 Å². The summed E-state index contributed by atoms with van der Waals surface area (Å²) in [6.07, 6.45) is 5.18. The first-order valence-electron chi connectivity index (χ1n) is 4.03. The van der Waals surface area contributed by atoms with Crippen molar-refractivity contribution in [1.82, 2.24) is 0 Å². The van der Waals surface area contributed by atoms with Gasteiger partial charge >= 0.3 is 7.60 Å². The van der Waals surface area contributed by atoms with Gasteiger partial charge in [0.25, 0.3) is 0 Å². The Balaban J connectivity index is 0.00000169. The summed E-state index contributed by atoms with van der Waals surface area (Å²) < 4.78 is 11.2. The number of hydrogen-bond donors (Lipinski definition) is 2. The molecule has 5 nitrogen and oxygen atoms in total. The van der Waals surface area contributed by atoms with Crippen molar-refractivity contribution >= 4 is 13.9 Å². The zero-order valence-corrected chi connectivity index (χ0v) is 10.5. The molecule has 2 atom stereocenters. The van der Waals surface area contributed by atoms with Gasteiger partial charge in [-0.2, -0.15) is 0 Å². The van der Waals surface area contributed by atoms with Crippen LogP contribution in [0.15, 0.2) is 17.4 Å². The monoisotopic (exact) mass is 284 g/mol. The molecule has 0 saturated carbocycles. The van der Waals surface area contributed by atoms with E-state index in [9.17, 15) is 4.57 Å². The van der Waals surface area contributed by atoms with Gasteiger partial charge in [0.15, 0.2) is 12.1 Å². The first-order chi connectivity index (χ1) is 5.90. The first kappa shape index (κ1) is 14.0. The molecule has 7 heteroatoms. The van der Waals surface area contributed by atoms with Crippen molar-refractivity contribution < 1.29 is 35.8 Å². The predicted molar refractivity (Wildman–Crippen MR) is 49.9 cm³/mol. The van der Waals surface area contributed by atoms with E-state index in [0.29, 0.717) is 6.42 Å². The van der Waals surface area contributed by atoms with Crippen LogP contribution in [0.3, 0.4) is 0 Å². The van der Waals surface area contributed by atoms with E-state index in [-0.39, 0.29) is 21.5 Å². The highest BCUT2D eigenvalue weighted by Crippen LogP contribution is 2.47. The summed E-state index contributed by atoms with van der Waals surface area (Å²) >= 11 is 0. The third-order valence-electron chi connectivity index (χ3n) is 2.19. The van der Waals surface area contributed by atoms with Crippen LogP contribution >= 0.6 is 7.60 Å². The van der Waals surface area contributed by atoms with Crippen LogP contribution in [0.1, 0.15) is 13.3 Å². The zero-order valence-electron chi connectivity index (χ0n) is 8.04. The summed E-state index contributed by atoms with van der Waals surface area (Å²) in [6.45, 7) is 1.76. The fourth-order valence-electron chi connectivity index (χ4n) is 1.53. The summed E-state index contributed by atoms with van der Waals surface area (Å²) in [5.41, 5.74) is 0. The Morgan fingerprint density at radius 2 is 2.14 bits per heavy atom. The Labute approximate surface area is 93.7 Å². The number of aliphatic imine (C=N–C) groups is 1. The van der Waals surface area contributed by atoms with Gasteiger partial charge in [0.1, 0.15) is 6.20 Å². The fourth-order valence-corrected chi connectivity index (χ4v) is 2.79. The van der Waals surface area contributed by atoms with E-state index in [1.54, 1.807) is 26.4 Å². The molecule has 0 radical (unpaired) electrons. The topological polar surface area (TPSA) is 69.9 Å². The second-order valence-electron chi connectivity index (χ2n) is 3.26. The first-order valence-corrected chi connectivity index (χ1v) is 5.71. The summed E-state index contributed by atoms with van der Waals surface area (Å²) in [6, 6.07) is 0. The van der Waals surface area contributed by atoms with Gasteiger partial charge in [-0.3, -0.25) is 4.57 Å². The maximum Gasteiger partial charge on any atom is 0.383 e. The smallest absolute Gasteiger partial charge is 0.383 e. The highest BCUT2D eigenvalue weighted by Gasteiger charge is 2.43. The maximum absolute atomic E-state index is 11.1. The second-order valence-corrected chi connectivity index (χ2v) is 5.04. The number of hydrogen-bond acceptors (Lipinski definition) is 2.